The first-order valence-electron chi connectivity index (χ1n) is 10.3. The van der Waals surface area contributed by atoms with Gasteiger partial charge >= 0.3 is 0 Å². The summed E-state index contributed by atoms with van der Waals surface area (Å²) in [7, 11) is 0. The maximum atomic E-state index is 10.1. The number of rotatable bonds is 18. The van der Waals surface area contributed by atoms with Crippen molar-refractivity contribution in [2.45, 2.75) is 122 Å². The van der Waals surface area contributed by atoms with Crippen molar-refractivity contribution in [3.05, 3.63) is 6.08 Å². The molecular formula is C21H41NO. The van der Waals surface area contributed by atoms with Gasteiger partial charge in [0.2, 0.25) is 0 Å². The zero-order chi connectivity index (χ0) is 17.0. The molecule has 23 heavy (non-hydrogen) atoms. The van der Waals surface area contributed by atoms with E-state index in [9.17, 15) is 4.79 Å². The first kappa shape index (κ1) is 22.4. The molecule has 0 aromatic rings. The first-order chi connectivity index (χ1) is 11.3. The molecule has 1 atom stereocenters. The standard InChI is InChI=1S/C21H41NO/c1-2-3-4-5-6-7-8-9-10-11-12-13-14-15-16-17-18-21(22)19-20-23/h19,21H,2-18,22H2,1H3. The van der Waals surface area contributed by atoms with Crippen molar-refractivity contribution in [2.24, 2.45) is 5.73 Å². The number of hydrogen-bond acceptors (Lipinski definition) is 2. The summed E-state index contributed by atoms with van der Waals surface area (Å²) < 4.78 is 0. The van der Waals surface area contributed by atoms with Crippen molar-refractivity contribution < 1.29 is 4.79 Å². The van der Waals surface area contributed by atoms with E-state index in [2.05, 4.69) is 6.92 Å². The van der Waals surface area contributed by atoms with Crippen LogP contribution < -0.4 is 5.73 Å². The molecule has 0 heterocycles. The van der Waals surface area contributed by atoms with Crippen LogP contribution in [0.5, 0.6) is 0 Å². The third-order valence-electron chi connectivity index (χ3n) is 4.67. The van der Waals surface area contributed by atoms with Gasteiger partial charge in [-0.1, -0.05) is 110 Å². The van der Waals surface area contributed by atoms with Crippen LogP contribution in [-0.2, 0) is 4.79 Å². The van der Waals surface area contributed by atoms with Crippen LogP contribution in [0.15, 0.2) is 6.08 Å². The number of unbranched alkanes of at least 4 members (excludes halogenated alkanes) is 15. The van der Waals surface area contributed by atoms with Crippen LogP contribution in [0, 0.1) is 0 Å². The lowest BCUT2D eigenvalue weighted by Gasteiger charge is -2.05. The Kier molecular flexibility index (Phi) is 19.0. The highest BCUT2D eigenvalue weighted by Gasteiger charge is 1.98. The summed E-state index contributed by atoms with van der Waals surface area (Å²) in [4.78, 5) is 10.1. The lowest BCUT2D eigenvalue weighted by Crippen LogP contribution is -2.16. The average Bonchev–Trinajstić information content (AvgIpc) is 2.54. The van der Waals surface area contributed by atoms with Crippen LogP contribution in [0.2, 0.25) is 0 Å². The molecule has 1 unspecified atom stereocenters. The summed E-state index contributed by atoms with van der Waals surface area (Å²) >= 11 is 0. The molecule has 0 saturated carbocycles. The molecule has 0 rings (SSSR count). The van der Waals surface area contributed by atoms with Gasteiger partial charge in [-0.2, -0.15) is 0 Å². The summed E-state index contributed by atoms with van der Waals surface area (Å²) in [5, 5.41) is 0. The fraction of sp³-hybridized carbons (Fsp3) is 0.905. The molecule has 0 bridgehead atoms. The second-order valence-corrected chi connectivity index (χ2v) is 7.04. The Morgan fingerprint density at radius 3 is 1.39 bits per heavy atom. The molecule has 2 N–H and O–H groups in total. The lowest BCUT2D eigenvalue weighted by atomic mass is 10.0. The van der Waals surface area contributed by atoms with Crippen molar-refractivity contribution in [1.82, 2.24) is 0 Å². The molecular weight excluding hydrogens is 282 g/mol. The predicted octanol–water partition coefficient (Wildman–Crippen LogP) is 6.35. The molecule has 0 aromatic carbocycles. The minimum Gasteiger partial charge on any atom is -0.324 e. The first-order valence-corrected chi connectivity index (χ1v) is 10.3. The van der Waals surface area contributed by atoms with E-state index in [-0.39, 0.29) is 6.04 Å². The van der Waals surface area contributed by atoms with Crippen LogP contribution in [0.1, 0.15) is 116 Å². The number of carbonyl (C=O) groups excluding carboxylic acids is 1. The monoisotopic (exact) mass is 323 g/mol. The van der Waals surface area contributed by atoms with E-state index in [4.69, 9.17) is 5.73 Å². The normalized spacial score (nSPS) is 12.1. The van der Waals surface area contributed by atoms with Gasteiger partial charge in [0.15, 0.2) is 0 Å². The quantitative estimate of drug-likeness (QED) is 0.236. The van der Waals surface area contributed by atoms with E-state index in [0.29, 0.717) is 0 Å². The van der Waals surface area contributed by atoms with Gasteiger partial charge in [0.05, 0.1) is 0 Å². The van der Waals surface area contributed by atoms with Gasteiger partial charge in [0, 0.05) is 12.1 Å². The Labute approximate surface area is 145 Å². The van der Waals surface area contributed by atoms with Gasteiger partial charge in [-0.15, -0.1) is 0 Å². The molecule has 0 radical (unpaired) electrons. The predicted molar refractivity (Wildman–Crippen MR) is 102 cm³/mol. The maximum Gasteiger partial charge on any atom is 0.121 e. The van der Waals surface area contributed by atoms with Crippen molar-refractivity contribution in [3.63, 3.8) is 0 Å². The maximum absolute atomic E-state index is 10.1. The van der Waals surface area contributed by atoms with Gasteiger partial charge in [0.1, 0.15) is 5.94 Å². The zero-order valence-corrected chi connectivity index (χ0v) is 15.7. The molecule has 0 aromatic heterocycles. The van der Waals surface area contributed by atoms with Gasteiger partial charge in [-0.3, -0.25) is 0 Å². The van der Waals surface area contributed by atoms with Crippen LogP contribution in [-0.4, -0.2) is 12.0 Å². The van der Waals surface area contributed by atoms with Gasteiger partial charge in [-0.25, -0.2) is 4.79 Å². The molecule has 0 aliphatic heterocycles. The Morgan fingerprint density at radius 2 is 1.04 bits per heavy atom. The third-order valence-corrected chi connectivity index (χ3v) is 4.67. The van der Waals surface area contributed by atoms with Crippen molar-refractivity contribution in [1.29, 1.82) is 0 Å². The summed E-state index contributed by atoms with van der Waals surface area (Å²) in [5.74, 6) is 1.77. The summed E-state index contributed by atoms with van der Waals surface area (Å²) in [6, 6.07) is -0.0841. The van der Waals surface area contributed by atoms with Crippen LogP contribution in [0.3, 0.4) is 0 Å². The van der Waals surface area contributed by atoms with E-state index in [1.165, 1.54) is 102 Å². The Balaban J connectivity index is 3.04. The van der Waals surface area contributed by atoms with Gasteiger partial charge in [-0.05, 0) is 6.42 Å². The van der Waals surface area contributed by atoms with E-state index in [1.807, 2.05) is 0 Å². The highest BCUT2D eigenvalue weighted by atomic mass is 16.1. The zero-order valence-electron chi connectivity index (χ0n) is 15.7. The summed E-state index contributed by atoms with van der Waals surface area (Å²) in [6.45, 7) is 2.28. The number of hydrogen-bond donors (Lipinski definition) is 1. The highest BCUT2D eigenvalue weighted by molar-refractivity contribution is 5.46. The van der Waals surface area contributed by atoms with Crippen LogP contribution in [0.25, 0.3) is 0 Å². The largest absolute Gasteiger partial charge is 0.324 e. The SMILES string of the molecule is CCCCCCCCCCCCCCCCCCC(N)C=C=O. The molecule has 2 heteroatoms. The second kappa shape index (κ2) is 19.5. The fourth-order valence-electron chi connectivity index (χ4n) is 3.10. The second-order valence-electron chi connectivity index (χ2n) is 7.04. The molecule has 0 aliphatic carbocycles. The third kappa shape index (κ3) is 19.4. The Morgan fingerprint density at radius 1 is 0.696 bits per heavy atom. The van der Waals surface area contributed by atoms with Gasteiger partial charge in [0.25, 0.3) is 0 Å². The molecule has 2 nitrogen and oxygen atoms in total. The van der Waals surface area contributed by atoms with Crippen molar-refractivity contribution in [2.75, 3.05) is 0 Å². The van der Waals surface area contributed by atoms with E-state index >= 15 is 0 Å². The summed E-state index contributed by atoms with van der Waals surface area (Å²) in [6.07, 6.45) is 24.5. The fourth-order valence-corrected chi connectivity index (χ4v) is 3.10. The molecule has 136 valence electrons. The van der Waals surface area contributed by atoms with Crippen LogP contribution >= 0.6 is 0 Å². The average molecular weight is 324 g/mol. The molecule has 0 saturated heterocycles. The van der Waals surface area contributed by atoms with E-state index in [0.717, 1.165) is 12.8 Å². The highest BCUT2D eigenvalue weighted by Crippen LogP contribution is 2.14. The molecule has 0 aliphatic rings. The Hall–Kier alpha value is -0.590. The minimum atomic E-state index is -0.0841. The number of nitrogens with two attached hydrogens (primary N) is 1. The molecule has 0 fully saturated rings. The smallest absolute Gasteiger partial charge is 0.121 e. The Bertz CT molecular complexity index is 271. The van der Waals surface area contributed by atoms with E-state index < -0.39 is 0 Å². The molecule has 0 amide bonds. The van der Waals surface area contributed by atoms with E-state index in [1.54, 1.807) is 5.94 Å². The summed E-state index contributed by atoms with van der Waals surface area (Å²) in [5.41, 5.74) is 5.73. The minimum absolute atomic E-state index is 0.0841. The van der Waals surface area contributed by atoms with Crippen molar-refractivity contribution in [3.8, 4) is 0 Å². The molecule has 0 spiro atoms. The van der Waals surface area contributed by atoms with Crippen LogP contribution in [0.4, 0.5) is 0 Å². The lowest BCUT2D eigenvalue weighted by molar-refractivity contribution is 0.524. The van der Waals surface area contributed by atoms with Gasteiger partial charge < -0.3 is 5.73 Å². The van der Waals surface area contributed by atoms with Crippen molar-refractivity contribution >= 4 is 5.94 Å². The topological polar surface area (TPSA) is 43.1 Å².